The Morgan fingerprint density at radius 2 is 1.92 bits per heavy atom. The summed E-state index contributed by atoms with van der Waals surface area (Å²) in [5.74, 6) is 1.51. The third-order valence-electron chi connectivity index (χ3n) is 4.62. The van der Waals surface area contributed by atoms with E-state index in [-0.39, 0.29) is 12.7 Å². The molecule has 0 fully saturated rings. The van der Waals surface area contributed by atoms with E-state index in [1.54, 1.807) is 16.2 Å². The number of hydrogen-bond acceptors (Lipinski definition) is 4. The zero-order valence-electron chi connectivity index (χ0n) is 15.0. The van der Waals surface area contributed by atoms with E-state index >= 15 is 0 Å². The summed E-state index contributed by atoms with van der Waals surface area (Å²) in [6, 6.07) is 9.73. The van der Waals surface area contributed by atoms with Crippen molar-refractivity contribution in [1.29, 1.82) is 0 Å². The van der Waals surface area contributed by atoms with Crippen LogP contribution < -0.4 is 9.47 Å². The molecule has 0 saturated carbocycles. The van der Waals surface area contributed by atoms with Crippen LogP contribution in [-0.2, 0) is 6.54 Å². The molecule has 6 heteroatoms. The molecular formula is C20H20N2O3S. The van der Waals surface area contributed by atoms with Crippen molar-refractivity contribution in [2.45, 2.75) is 20.4 Å². The molecule has 2 aromatic heterocycles. The van der Waals surface area contributed by atoms with Gasteiger partial charge in [0.25, 0.3) is 5.91 Å². The molecule has 0 aliphatic carbocycles. The lowest BCUT2D eigenvalue weighted by atomic mass is 10.1. The highest BCUT2D eigenvalue weighted by atomic mass is 32.1. The number of amides is 1. The number of benzene rings is 1. The first-order valence-electron chi connectivity index (χ1n) is 8.42. The predicted octanol–water partition coefficient (Wildman–Crippen LogP) is 4.16. The van der Waals surface area contributed by atoms with Crippen LogP contribution in [0.4, 0.5) is 0 Å². The first-order valence-corrected chi connectivity index (χ1v) is 9.23. The van der Waals surface area contributed by atoms with Gasteiger partial charge in [0, 0.05) is 30.9 Å². The van der Waals surface area contributed by atoms with Crippen LogP contribution in [0.1, 0.15) is 26.4 Å². The fraction of sp³-hybridized carbons (Fsp3) is 0.250. The molecule has 0 spiro atoms. The van der Waals surface area contributed by atoms with E-state index in [1.165, 1.54) is 0 Å². The van der Waals surface area contributed by atoms with E-state index in [2.05, 4.69) is 6.92 Å². The number of rotatable bonds is 4. The average Bonchev–Trinajstić information content (AvgIpc) is 3.35. The van der Waals surface area contributed by atoms with E-state index < -0.39 is 0 Å². The van der Waals surface area contributed by atoms with Crippen molar-refractivity contribution < 1.29 is 14.3 Å². The third-order valence-corrected chi connectivity index (χ3v) is 5.84. The number of carbonyl (C=O) groups excluding carboxylic acids is 1. The summed E-state index contributed by atoms with van der Waals surface area (Å²) in [6.07, 6.45) is 3.94. The van der Waals surface area contributed by atoms with Gasteiger partial charge in [0.15, 0.2) is 11.5 Å². The van der Waals surface area contributed by atoms with Gasteiger partial charge in [-0.2, -0.15) is 0 Å². The molecule has 0 atom stereocenters. The summed E-state index contributed by atoms with van der Waals surface area (Å²) >= 11 is 1.65. The number of ether oxygens (including phenoxy) is 2. The maximum Gasteiger partial charge on any atom is 0.257 e. The Bertz CT molecular complexity index is 960. The van der Waals surface area contributed by atoms with Crippen LogP contribution in [0.15, 0.2) is 42.7 Å². The van der Waals surface area contributed by atoms with E-state index in [1.807, 2.05) is 61.3 Å². The van der Waals surface area contributed by atoms with Crippen LogP contribution in [0.25, 0.3) is 5.00 Å². The second kappa shape index (κ2) is 6.53. The number of nitrogens with zero attached hydrogens (tertiary/aromatic N) is 2. The Kier molecular flexibility index (Phi) is 4.20. The first kappa shape index (κ1) is 16.7. The lowest BCUT2D eigenvalue weighted by Gasteiger charge is -2.19. The van der Waals surface area contributed by atoms with Gasteiger partial charge < -0.3 is 18.9 Å². The molecule has 1 amide bonds. The molecule has 1 aromatic carbocycles. The molecule has 3 heterocycles. The Morgan fingerprint density at radius 1 is 1.19 bits per heavy atom. The summed E-state index contributed by atoms with van der Waals surface area (Å²) in [7, 11) is 1.83. The zero-order valence-corrected chi connectivity index (χ0v) is 15.8. The van der Waals surface area contributed by atoms with Gasteiger partial charge in [0.2, 0.25) is 6.79 Å². The van der Waals surface area contributed by atoms with Crippen molar-refractivity contribution >= 4 is 17.2 Å². The highest BCUT2D eigenvalue weighted by Crippen LogP contribution is 2.34. The number of aromatic nitrogens is 1. The highest BCUT2D eigenvalue weighted by molar-refractivity contribution is 7.15. The van der Waals surface area contributed by atoms with Crippen LogP contribution >= 0.6 is 11.3 Å². The highest BCUT2D eigenvalue weighted by Gasteiger charge is 2.24. The van der Waals surface area contributed by atoms with Crippen molar-refractivity contribution in [3.05, 3.63) is 64.3 Å². The minimum atomic E-state index is 0.0215. The monoisotopic (exact) mass is 368 g/mol. The number of fused-ring (bicyclic) bond motifs is 1. The first-order chi connectivity index (χ1) is 12.5. The minimum absolute atomic E-state index is 0.0215. The molecule has 0 bridgehead atoms. The van der Waals surface area contributed by atoms with Gasteiger partial charge in [0.1, 0.15) is 5.00 Å². The molecule has 5 nitrogen and oxygen atoms in total. The molecule has 0 saturated heterocycles. The SMILES string of the molecule is Cc1sc(-n2cccc2)c(C(=O)N(C)Cc2ccc3c(c2)OCO3)c1C. The summed E-state index contributed by atoms with van der Waals surface area (Å²) in [5, 5.41) is 0.965. The Labute approximate surface area is 156 Å². The van der Waals surface area contributed by atoms with Gasteiger partial charge in [-0.3, -0.25) is 4.79 Å². The molecule has 1 aliphatic heterocycles. The summed E-state index contributed by atoms with van der Waals surface area (Å²) in [5.41, 5.74) is 2.82. The number of thiophene rings is 1. The van der Waals surface area contributed by atoms with Crippen LogP contribution in [0.5, 0.6) is 11.5 Å². The van der Waals surface area contributed by atoms with Gasteiger partial charge >= 0.3 is 0 Å². The predicted molar refractivity (Wildman–Crippen MR) is 101 cm³/mol. The topological polar surface area (TPSA) is 43.7 Å². The van der Waals surface area contributed by atoms with Crippen LogP contribution in [0.2, 0.25) is 0 Å². The molecule has 0 radical (unpaired) electrons. The summed E-state index contributed by atoms with van der Waals surface area (Å²) in [4.78, 5) is 16.1. The van der Waals surface area contributed by atoms with Crippen molar-refractivity contribution in [1.82, 2.24) is 9.47 Å². The van der Waals surface area contributed by atoms with E-state index in [4.69, 9.17) is 9.47 Å². The van der Waals surface area contributed by atoms with Crippen molar-refractivity contribution in [2.24, 2.45) is 0 Å². The van der Waals surface area contributed by atoms with Gasteiger partial charge in [-0.25, -0.2) is 0 Å². The quantitative estimate of drug-likeness (QED) is 0.695. The zero-order chi connectivity index (χ0) is 18.3. The van der Waals surface area contributed by atoms with Gasteiger partial charge in [-0.15, -0.1) is 11.3 Å². The lowest BCUT2D eigenvalue weighted by molar-refractivity contribution is 0.0784. The molecule has 0 N–H and O–H groups in total. The van der Waals surface area contributed by atoms with E-state index in [9.17, 15) is 4.79 Å². The summed E-state index contributed by atoms with van der Waals surface area (Å²) < 4.78 is 12.8. The molecule has 1 aliphatic rings. The Hall–Kier alpha value is -2.73. The molecule has 0 unspecified atom stereocenters. The molecule has 134 valence electrons. The van der Waals surface area contributed by atoms with Crippen LogP contribution in [0, 0.1) is 13.8 Å². The largest absolute Gasteiger partial charge is 0.454 e. The van der Waals surface area contributed by atoms with E-state index in [0.717, 1.165) is 38.1 Å². The van der Waals surface area contributed by atoms with Gasteiger partial charge in [-0.1, -0.05) is 6.07 Å². The Morgan fingerprint density at radius 3 is 2.69 bits per heavy atom. The average molecular weight is 368 g/mol. The number of aryl methyl sites for hydroxylation is 1. The maximum absolute atomic E-state index is 13.2. The molecule has 4 rings (SSSR count). The summed E-state index contributed by atoms with van der Waals surface area (Å²) in [6.45, 7) is 4.83. The smallest absolute Gasteiger partial charge is 0.257 e. The maximum atomic E-state index is 13.2. The van der Waals surface area contributed by atoms with Crippen LogP contribution in [0.3, 0.4) is 0 Å². The van der Waals surface area contributed by atoms with Crippen molar-refractivity contribution in [3.8, 4) is 16.5 Å². The van der Waals surface area contributed by atoms with Crippen molar-refractivity contribution in [2.75, 3.05) is 13.8 Å². The Balaban J connectivity index is 1.61. The number of hydrogen-bond donors (Lipinski definition) is 0. The van der Waals surface area contributed by atoms with Crippen molar-refractivity contribution in [3.63, 3.8) is 0 Å². The van der Waals surface area contributed by atoms with E-state index in [0.29, 0.717) is 6.54 Å². The fourth-order valence-corrected chi connectivity index (χ4v) is 4.20. The second-order valence-corrected chi connectivity index (χ2v) is 7.61. The van der Waals surface area contributed by atoms with Gasteiger partial charge in [0.05, 0.1) is 5.56 Å². The third kappa shape index (κ3) is 2.86. The normalized spacial score (nSPS) is 12.4. The second-order valence-electron chi connectivity index (χ2n) is 6.40. The molecule has 26 heavy (non-hydrogen) atoms. The fourth-order valence-electron chi connectivity index (χ4n) is 3.09. The standard InChI is InChI=1S/C20H20N2O3S/c1-13-14(2)26-20(22-8-4-5-9-22)18(13)19(23)21(3)11-15-6-7-16-17(10-15)25-12-24-16/h4-10H,11-12H2,1-3H3. The molecular weight excluding hydrogens is 348 g/mol. The van der Waals surface area contributed by atoms with Crippen LogP contribution in [-0.4, -0.2) is 29.2 Å². The minimum Gasteiger partial charge on any atom is -0.454 e. The molecule has 3 aromatic rings. The number of carbonyl (C=O) groups is 1. The lowest BCUT2D eigenvalue weighted by Crippen LogP contribution is -2.27. The van der Waals surface area contributed by atoms with Gasteiger partial charge in [-0.05, 0) is 49.2 Å².